The van der Waals surface area contributed by atoms with Crippen molar-refractivity contribution in [3.8, 4) is 0 Å². The first-order valence-electron chi connectivity index (χ1n) is 6.48. The van der Waals surface area contributed by atoms with Crippen molar-refractivity contribution in [2.24, 2.45) is 5.73 Å². The molecule has 2 unspecified atom stereocenters. The van der Waals surface area contributed by atoms with Crippen LogP contribution in [0.25, 0.3) is 0 Å². The van der Waals surface area contributed by atoms with E-state index in [0.29, 0.717) is 6.54 Å². The van der Waals surface area contributed by atoms with Gasteiger partial charge in [0.2, 0.25) is 0 Å². The van der Waals surface area contributed by atoms with Crippen LogP contribution in [0.5, 0.6) is 0 Å². The molecule has 1 aliphatic heterocycles. The molecule has 106 valence electrons. The number of hydrogen-bond acceptors (Lipinski definition) is 4. The lowest BCUT2D eigenvalue weighted by atomic mass is 10.1. The van der Waals surface area contributed by atoms with Crippen LogP contribution in [-0.2, 0) is 15.9 Å². The predicted molar refractivity (Wildman–Crippen MR) is 78.0 cm³/mol. The van der Waals surface area contributed by atoms with Gasteiger partial charge < -0.3 is 20.1 Å². The van der Waals surface area contributed by atoms with Crippen molar-refractivity contribution in [3.05, 3.63) is 28.8 Å². The molecule has 0 radical (unpaired) electrons. The number of nitrogens with two attached hydrogens (primary N) is 1. The van der Waals surface area contributed by atoms with E-state index in [0.717, 1.165) is 24.5 Å². The number of benzene rings is 1. The van der Waals surface area contributed by atoms with Crippen LogP contribution in [0.4, 0.5) is 5.69 Å². The molecule has 1 aliphatic rings. The maximum Gasteiger partial charge on any atom is 0.102 e. The summed E-state index contributed by atoms with van der Waals surface area (Å²) >= 11 is 6.06. The zero-order chi connectivity index (χ0) is 13.8. The lowest BCUT2D eigenvalue weighted by Gasteiger charge is -2.22. The Bertz CT molecular complexity index is 416. The van der Waals surface area contributed by atoms with Crippen LogP contribution in [0.2, 0.25) is 5.02 Å². The summed E-state index contributed by atoms with van der Waals surface area (Å²) in [7, 11) is 3.45. The van der Waals surface area contributed by atoms with Gasteiger partial charge in [0.05, 0.1) is 0 Å². The third-order valence-electron chi connectivity index (χ3n) is 3.62. The second kappa shape index (κ2) is 6.57. The zero-order valence-corrected chi connectivity index (χ0v) is 12.2. The van der Waals surface area contributed by atoms with Crippen molar-refractivity contribution in [1.29, 1.82) is 0 Å². The van der Waals surface area contributed by atoms with Crippen LogP contribution < -0.4 is 10.6 Å². The Morgan fingerprint density at radius 2 is 1.89 bits per heavy atom. The maximum absolute atomic E-state index is 6.06. The van der Waals surface area contributed by atoms with E-state index in [1.54, 1.807) is 14.2 Å². The maximum atomic E-state index is 6.06. The first kappa shape index (κ1) is 14.6. The van der Waals surface area contributed by atoms with Crippen molar-refractivity contribution < 1.29 is 9.47 Å². The molecule has 1 heterocycles. The number of methoxy groups -OCH3 is 2. The molecule has 2 atom stereocenters. The van der Waals surface area contributed by atoms with E-state index in [2.05, 4.69) is 11.0 Å². The fourth-order valence-corrected chi connectivity index (χ4v) is 2.81. The summed E-state index contributed by atoms with van der Waals surface area (Å²) in [5.74, 6) is 0. The Morgan fingerprint density at radius 3 is 2.42 bits per heavy atom. The summed E-state index contributed by atoms with van der Waals surface area (Å²) in [6, 6.07) is 5.96. The van der Waals surface area contributed by atoms with Gasteiger partial charge in [-0.15, -0.1) is 0 Å². The van der Waals surface area contributed by atoms with Gasteiger partial charge in [0.15, 0.2) is 0 Å². The molecule has 1 aromatic rings. The Hall–Kier alpha value is -0.810. The van der Waals surface area contributed by atoms with Gasteiger partial charge in [0.25, 0.3) is 0 Å². The number of nitrogens with zero attached hydrogens (tertiary/aromatic N) is 1. The van der Waals surface area contributed by atoms with Gasteiger partial charge in [-0.05, 0) is 36.7 Å². The molecule has 2 rings (SSSR count). The van der Waals surface area contributed by atoms with Crippen LogP contribution in [0, 0.1) is 0 Å². The molecule has 1 fully saturated rings. The number of anilines is 1. The fourth-order valence-electron chi connectivity index (χ4n) is 2.61. The van der Waals surface area contributed by atoms with Crippen molar-refractivity contribution >= 4 is 17.3 Å². The third kappa shape index (κ3) is 3.20. The lowest BCUT2D eigenvalue weighted by Crippen LogP contribution is -2.27. The van der Waals surface area contributed by atoms with E-state index < -0.39 is 0 Å². The van der Waals surface area contributed by atoms with Crippen molar-refractivity contribution in [2.45, 2.75) is 18.6 Å². The van der Waals surface area contributed by atoms with Gasteiger partial charge in [-0.25, -0.2) is 0 Å². The Kier molecular flexibility index (Phi) is 5.05. The summed E-state index contributed by atoms with van der Waals surface area (Å²) in [4.78, 5) is 2.28. The highest BCUT2D eigenvalue weighted by Crippen LogP contribution is 2.29. The minimum atomic E-state index is 0.103. The van der Waals surface area contributed by atoms with Crippen molar-refractivity contribution in [1.82, 2.24) is 0 Å². The number of rotatable bonds is 5. The van der Waals surface area contributed by atoms with E-state index in [9.17, 15) is 0 Å². The summed E-state index contributed by atoms with van der Waals surface area (Å²) in [5.41, 5.74) is 8.03. The quantitative estimate of drug-likeness (QED) is 0.894. The summed E-state index contributed by atoms with van der Waals surface area (Å²) in [6.07, 6.45) is 1.03. The molecule has 0 spiro atoms. The normalized spacial score (nSPS) is 23.1. The highest BCUT2D eigenvalue weighted by Gasteiger charge is 2.33. The average molecular weight is 285 g/mol. The van der Waals surface area contributed by atoms with Crippen LogP contribution in [-0.4, -0.2) is 46.1 Å². The Balaban J connectivity index is 2.22. The molecule has 0 bridgehead atoms. The smallest absolute Gasteiger partial charge is 0.102 e. The molecule has 4 nitrogen and oxygen atoms in total. The van der Waals surface area contributed by atoms with Gasteiger partial charge in [-0.2, -0.15) is 0 Å². The van der Waals surface area contributed by atoms with Gasteiger partial charge in [0.1, 0.15) is 12.2 Å². The second-order valence-corrected chi connectivity index (χ2v) is 5.20. The SMILES string of the molecule is COC1CN(c2ccc(Cl)cc2CCN)CC1OC. The molecular formula is C14H21ClN2O2. The second-order valence-electron chi connectivity index (χ2n) is 4.77. The molecule has 19 heavy (non-hydrogen) atoms. The van der Waals surface area contributed by atoms with E-state index in [1.165, 1.54) is 11.3 Å². The van der Waals surface area contributed by atoms with Gasteiger partial charge in [-0.3, -0.25) is 0 Å². The lowest BCUT2D eigenvalue weighted by molar-refractivity contribution is -0.00461. The summed E-state index contributed by atoms with van der Waals surface area (Å²) in [5, 5.41) is 0.748. The molecule has 1 saturated heterocycles. The van der Waals surface area contributed by atoms with Crippen molar-refractivity contribution in [2.75, 3.05) is 38.8 Å². The first-order chi connectivity index (χ1) is 9.19. The van der Waals surface area contributed by atoms with E-state index in [1.807, 2.05) is 12.1 Å². The average Bonchev–Trinajstić information content (AvgIpc) is 2.82. The van der Waals surface area contributed by atoms with Crippen molar-refractivity contribution in [3.63, 3.8) is 0 Å². The summed E-state index contributed by atoms with van der Waals surface area (Å²) < 4.78 is 10.9. The van der Waals surface area contributed by atoms with Crippen LogP contribution in [0.15, 0.2) is 18.2 Å². The van der Waals surface area contributed by atoms with E-state index >= 15 is 0 Å². The van der Waals surface area contributed by atoms with E-state index in [-0.39, 0.29) is 12.2 Å². The monoisotopic (exact) mass is 284 g/mol. The van der Waals surface area contributed by atoms with Crippen LogP contribution in [0.1, 0.15) is 5.56 Å². The molecule has 0 aliphatic carbocycles. The fraction of sp³-hybridized carbons (Fsp3) is 0.571. The number of ether oxygens (including phenoxy) is 2. The predicted octanol–water partition coefficient (Wildman–Crippen LogP) is 1.69. The topological polar surface area (TPSA) is 47.7 Å². The number of halogens is 1. The van der Waals surface area contributed by atoms with Gasteiger partial charge >= 0.3 is 0 Å². The third-order valence-corrected chi connectivity index (χ3v) is 3.85. The Morgan fingerprint density at radius 1 is 1.26 bits per heavy atom. The van der Waals surface area contributed by atoms with Gasteiger partial charge in [-0.1, -0.05) is 11.6 Å². The molecule has 2 N–H and O–H groups in total. The summed E-state index contributed by atoms with van der Waals surface area (Å²) in [6.45, 7) is 2.27. The first-order valence-corrected chi connectivity index (χ1v) is 6.86. The molecular weight excluding hydrogens is 264 g/mol. The highest BCUT2D eigenvalue weighted by molar-refractivity contribution is 6.30. The van der Waals surface area contributed by atoms with Gasteiger partial charge in [0, 0.05) is 38.0 Å². The van der Waals surface area contributed by atoms with Crippen LogP contribution >= 0.6 is 11.6 Å². The minimum Gasteiger partial charge on any atom is -0.377 e. The molecule has 0 saturated carbocycles. The molecule has 0 amide bonds. The Labute approximate surface area is 119 Å². The largest absolute Gasteiger partial charge is 0.377 e. The minimum absolute atomic E-state index is 0.103. The zero-order valence-electron chi connectivity index (χ0n) is 11.4. The molecule has 0 aromatic heterocycles. The molecule has 5 heteroatoms. The highest BCUT2D eigenvalue weighted by atomic mass is 35.5. The van der Waals surface area contributed by atoms with E-state index in [4.69, 9.17) is 26.8 Å². The standard InChI is InChI=1S/C14H21ClN2O2/c1-18-13-8-17(9-14(13)19-2)12-4-3-11(15)7-10(12)5-6-16/h3-4,7,13-14H,5-6,8-9,16H2,1-2H3. The number of hydrogen-bond donors (Lipinski definition) is 1. The molecule has 1 aromatic carbocycles. The van der Waals surface area contributed by atoms with Crippen LogP contribution in [0.3, 0.4) is 0 Å².